The first kappa shape index (κ1) is 12.5. The lowest BCUT2D eigenvalue weighted by atomic mass is 9.79. The van der Waals surface area contributed by atoms with Gasteiger partial charge in [0.25, 0.3) is 0 Å². The van der Waals surface area contributed by atoms with Crippen molar-refractivity contribution in [3.8, 4) is 0 Å². The molecule has 0 spiro atoms. The van der Waals surface area contributed by atoms with E-state index >= 15 is 0 Å². The second-order valence-electron chi connectivity index (χ2n) is 4.46. The Hall–Kier alpha value is -0.570. The molecule has 0 radical (unpaired) electrons. The quantitative estimate of drug-likeness (QED) is 0.611. The van der Waals surface area contributed by atoms with Crippen molar-refractivity contribution in [3.05, 3.63) is 34.9 Å². The minimum atomic E-state index is 0.0798. The van der Waals surface area contributed by atoms with E-state index in [0.29, 0.717) is 0 Å². The van der Waals surface area contributed by atoms with E-state index in [0.717, 1.165) is 17.0 Å². The molecule has 0 saturated heterocycles. The molecule has 0 aromatic heterocycles. The number of hydrazine groups is 1. The number of halogens is 1. The number of benzene rings is 1. The molecule has 0 fully saturated rings. The third kappa shape index (κ3) is 2.71. The van der Waals surface area contributed by atoms with Gasteiger partial charge >= 0.3 is 0 Å². The molecule has 1 aromatic carbocycles. The molecule has 0 aliphatic carbocycles. The normalized spacial score (nSPS) is 13.9. The smallest absolute Gasteiger partial charge is 0.0525 e. The van der Waals surface area contributed by atoms with Crippen LogP contribution in [0.1, 0.15) is 38.8 Å². The highest BCUT2D eigenvalue weighted by Crippen LogP contribution is 2.38. The summed E-state index contributed by atoms with van der Waals surface area (Å²) < 4.78 is 0. The van der Waals surface area contributed by atoms with Crippen molar-refractivity contribution in [1.82, 2.24) is 5.43 Å². The van der Waals surface area contributed by atoms with Crippen molar-refractivity contribution in [3.63, 3.8) is 0 Å². The third-order valence-electron chi connectivity index (χ3n) is 3.08. The summed E-state index contributed by atoms with van der Waals surface area (Å²) in [4.78, 5) is 0. The maximum Gasteiger partial charge on any atom is 0.0525 e. The van der Waals surface area contributed by atoms with Crippen LogP contribution in [0, 0.1) is 5.41 Å². The van der Waals surface area contributed by atoms with Gasteiger partial charge in [0.1, 0.15) is 0 Å². The van der Waals surface area contributed by atoms with Crippen LogP contribution in [0.25, 0.3) is 0 Å². The highest BCUT2D eigenvalue weighted by Gasteiger charge is 2.29. The maximum absolute atomic E-state index is 6.17. The number of rotatable bonds is 4. The van der Waals surface area contributed by atoms with Crippen LogP contribution in [0.2, 0.25) is 5.02 Å². The van der Waals surface area contributed by atoms with Gasteiger partial charge in [-0.05, 0) is 23.5 Å². The summed E-state index contributed by atoms with van der Waals surface area (Å²) in [6, 6.07) is 7.91. The Labute approximate surface area is 96.8 Å². The number of hydrogen-bond acceptors (Lipinski definition) is 2. The van der Waals surface area contributed by atoms with Crippen LogP contribution >= 0.6 is 11.6 Å². The van der Waals surface area contributed by atoms with Crippen molar-refractivity contribution in [1.29, 1.82) is 0 Å². The second kappa shape index (κ2) is 4.97. The molecule has 0 bridgehead atoms. The number of nitrogens with one attached hydrogen (secondary N) is 1. The van der Waals surface area contributed by atoms with Gasteiger partial charge in [0.05, 0.1) is 6.04 Å². The Kier molecular flexibility index (Phi) is 4.14. The van der Waals surface area contributed by atoms with Gasteiger partial charge in [0, 0.05) is 5.02 Å². The second-order valence-corrected chi connectivity index (χ2v) is 4.87. The van der Waals surface area contributed by atoms with Crippen molar-refractivity contribution < 1.29 is 0 Å². The average Bonchev–Trinajstić information content (AvgIpc) is 2.21. The van der Waals surface area contributed by atoms with E-state index in [-0.39, 0.29) is 11.5 Å². The molecule has 1 unspecified atom stereocenters. The Bertz CT molecular complexity index is 323. The number of nitrogens with two attached hydrogens (primary N) is 1. The highest BCUT2D eigenvalue weighted by molar-refractivity contribution is 6.31. The highest BCUT2D eigenvalue weighted by atomic mass is 35.5. The van der Waals surface area contributed by atoms with Crippen molar-refractivity contribution in [2.24, 2.45) is 11.3 Å². The minimum Gasteiger partial charge on any atom is -0.271 e. The predicted molar refractivity (Wildman–Crippen MR) is 65.6 cm³/mol. The van der Waals surface area contributed by atoms with E-state index in [9.17, 15) is 0 Å². The molecule has 1 rings (SSSR count). The lowest BCUT2D eigenvalue weighted by Crippen LogP contribution is -2.38. The SMILES string of the molecule is CCC(C)(C)C(NN)c1ccccc1Cl. The molecule has 0 heterocycles. The zero-order valence-corrected chi connectivity index (χ0v) is 10.3. The molecule has 3 heteroatoms. The minimum absolute atomic E-state index is 0.0798. The summed E-state index contributed by atoms with van der Waals surface area (Å²) in [5.41, 5.74) is 4.01. The molecular formula is C12H19ClN2. The van der Waals surface area contributed by atoms with Crippen molar-refractivity contribution in [2.45, 2.75) is 33.2 Å². The molecule has 1 atom stereocenters. The van der Waals surface area contributed by atoms with Crippen LogP contribution in [-0.4, -0.2) is 0 Å². The zero-order chi connectivity index (χ0) is 11.5. The molecule has 15 heavy (non-hydrogen) atoms. The zero-order valence-electron chi connectivity index (χ0n) is 9.55. The predicted octanol–water partition coefficient (Wildman–Crippen LogP) is 3.28. The molecule has 2 nitrogen and oxygen atoms in total. The van der Waals surface area contributed by atoms with Crippen LogP contribution in [0.5, 0.6) is 0 Å². The van der Waals surface area contributed by atoms with Gasteiger partial charge in [-0.25, -0.2) is 0 Å². The average molecular weight is 227 g/mol. The summed E-state index contributed by atoms with van der Waals surface area (Å²) in [5, 5.41) is 0.766. The topological polar surface area (TPSA) is 38.0 Å². The first-order chi connectivity index (χ1) is 7.03. The van der Waals surface area contributed by atoms with Gasteiger partial charge in [-0.15, -0.1) is 0 Å². The summed E-state index contributed by atoms with van der Waals surface area (Å²) in [6.45, 7) is 6.52. The summed E-state index contributed by atoms with van der Waals surface area (Å²) >= 11 is 6.17. The van der Waals surface area contributed by atoms with Gasteiger partial charge in [0.2, 0.25) is 0 Å². The first-order valence-electron chi connectivity index (χ1n) is 5.23. The standard InChI is InChI=1S/C12H19ClN2/c1-4-12(2,3)11(15-14)9-7-5-6-8-10(9)13/h5-8,11,15H,4,14H2,1-3H3. The molecule has 0 aliphatic heterocycles. The molecule has 0 saturated carbocycles. The Morgan fingerprint density at radius 1 is 1.40 bits per heavy atom. The van der Waals surface area contributed by atoms with Gasteiger partial charge in [0.15, 0.2) is 0 Å². The van der Waals surface area contributed by atoms with Crippen molar-refractivity contribution in [2.75, 3.05) is 0 Å². The van der Waals surface area contributed by atoms with Gasteiger partial charge in [-0.1, -0.05) is 50.6 Å². The number of hydrogen-bond donors (Lipinski definition) is 2. The first-order valence-corrected chi connectivity index (χ1v) is 5.61. The van der Waals surface area contributed by atoms with E-state index < -0.39 is 0 Å². The Morgan fingerprint density at radius 3 is 2.47 bits per heavy atom. The summed E-state index contributed by atoms with van der Waals surface area (Å²) in [5.74, 6) is 5.63. The fraction of sp³-hybridized carbons (Fsp3) is 0.500. The molecule has 0 aliphatic rings. The lowest BCUT2D eigenvalue weighted by Gasteiger charge is -2.33. The van der Waals surface area contributed by atoms with Crippen LogP contribution in [0.4, 0.5) is 0 Å². The van der Waals surface area contributed by atoms with Crippen LogP contribution in [-0.2, 0) is 0 Å². The Balaban J connectivity index is 3.08. The van der Waals surface area contributed by atoms with E-state index in [1.807, 2.05) is 24.3 Å². The molecular weight excluding hydrogens is 208 g/mol. The fourth-order valence-corrected chi connectivity index (χ4v) is 1.89. The molecule has 0 amide bonds. The maximum atomic E-state index is 6.17. The largest absolute Gasteiger partial charge is 0.271 e. The van der Waals surface area contributed by atoms with Crippen molar-refractivity contribution >= 4 is 11.6 Å². The van der Waals surface area contributed by atoms with Gasteiger partial charge < -0.3 is 0 Å². The van der Waals surface area contributed by atoms with E-state index in [1.54, 1.807) is 0 Å². The van der Waals surface area contributed by atoms with Crippen LogP contribution < -0.4 is 11.3 Å². The van der Waals surface area contributed by atoms with E-state index in [1.165, 1.54) is 0 Å². The molecule has 3 N–H and O–H groups in total. The third-order valence-corrected chi connectivity index (χ3v) is 3.42. The summed E-state index contributed by atoms with van der Waals surface area (Å²) in [6.07, 6.45) is 1.03. The fourth-order valence-electron chi connectivity index (χ4n) is 1.65. The molecule has 1 aromatic rings. The Morgan fingerprint density at radius 2 is 2.00 bits per heavy atom. The van der Waals surface area contributed by atoms with Gasteiger partial charge in [-0.2, -0.15) is 0 Å². The van der Waals surface area contributed by atoms with E-state index in [2.05, 4.69) is 26.2 Å². The monoisotopic (exact) mass is 226 g/mol. The molecule has 84 valence electrons. The van der Waals surface area contributed by atoms with Gasteiger partial charge in [-0.3, -0.25) is 11.3 Å². The summed E-state index contributed by atoms with van der Waals surface area (Å²) in [7, 11) is 0. The van der Waals surface area contributed by atoms with E-state index in [4.69, 9.17) is 17.4 Å². The van der Waals surface area contributed by atoms with Crippen LogP contribution in [0.15, 0.2) is 24.3 Å². The lowest BCUT2D eigenvalue weighted by molar-refractivity contribution is 0.236. The van der Waals surface area contributed by atoms with Crippen LogP contribution in [0.3, 0.4) is 0 Å².